The summed E-state index contributed by atoms with van der Waals surface area (Å²) < 4.78 is 1.64. The largest absolute Gasteiger partial charge is 0.339 e. The molecule has 122 valence electrons. The standard InChI is InChI=1S/C16H16N6O2/c1-21-9-10(8-17-21)22-7-6-13(16(22)24)18-15(23)14-11-4-2-3-5-12(11)19-20-14/h2-5,8-9,13H,6-7H2,1H3,(H,18,23)(H,19,20). The highest BCUT2D eigenvalue weighted by molar-refractivity contribution is 6.08. The zero-order valence-electron chi connectivity index (χ0n) is 13.1. The number of fused-ring (bicyclic) bond motifs is 1. The van der Waals surface area contributed by atoms with E-state index in [4.69, 9.17) is 0 Å². The van der Waals surface area contributed by atoms with Gasteiger partial charge in [-0.05, 0) is 12.5 Å². The van der Waals surface area contributed by atoms with Crippen LogP contribution in [0, 0.1) is 0 Å². The molecular formula is C16H16N6O2. The van der Waals surface area contributed by atoms with Gasteiger partial charge in [-0.3, -0.25) is 19.4 Å². The first kappa shape index (κ1) is 14.4. The van der Waals surface area contributed by atoms with Crippen molar-refractivity contribution in [1.29, 1.82) is 0 Å². The van der Waals surface area contributed by atoms with Crippen LogP contribution < -0.4 is 10.2 Å². The Bertz CT molecular complexity index is 927. The van der Waals surface area contributed by atoms with Gasteiger partial charge in [0.1, 0.15) is 6.04 Å². The lowest BCUT2D eigenvalue weighted by atomic mass is 10.2. The van der Waals surface area contributed by atoms with E-state index in [-0.39, 0.29) is 11.8 Å². The number of aryl methyl sites for hydroxylation is 1. The van der Waals surface area contributed by atoms with Crippen molar-refractivity contribution in [2.24, 2.45) is 7.05 Å². The summed E-state index contributed by atoms with van der Waals surface area (Å²) in [5.74, 6) is -0.477. The van der Waals surface area contributed by atoms with E-state index in [0.717, 1.165) is 16.6 Å². The fourth-order valence-corrected chi connectivity index (χ4v) is 2.98. The maximum absolute atomic E-state index is 12.5. The minimum atomic E-state index is -0.548. The number of benzene rings is 1. The Morgan fingerprint density at radius 2 is 2.21 bits per heavy atom. The van der Waals surface area contributed by atoms with Crippen molar-refractivity contribution >= 4 is 28.4 Å². The maximum atomic E-state index is 12.5. The van der Waals surface area contributed by atoms with Crippen LogP contribution in [0.4, 0.5) is 5.69 Å². The number of anilines is 1. The second-order valence-corrected chi connectivity index (χ2v) is 5.79. The highest BCUT2D eigenvalue weighted by Gasteiger charge is 2.34. The predicted molar refractivity (Wildman–Crippen MR) is 87.5 cm³/mol. The topological polar surface area (TPSA) is 95.9 Å². The van der Waals surface area contributed by atoms with Crippen molar-refractivity contribution in [2.75, 3.05) is 11.4 Å². The first-order valence-electron chi connectivity index (χ1n) is 7.67. The van der Waals surface area contributed by atoms with Crippen LogP contribution in [0.3, 0.4) is 0 Å². The van der Waals surface area contributed by atoms with E-state index < -0.39 is 6.04 Å². The quantitative estimate of drug-likeness (QED) is 0.746. The second-order valence-electron chi connectivity index (χ2n) is 5.79. The van der Waals surface area contributed by atoms with Crippen LogP contribution in [0.2, 0.25) is 0 Å². The van der Waals surface area contributed by atoms with Gasteiger partial charge in [-0.2, -0.15) is 10.2 Å². The van der Waals surface area contributed by atoms with Gasteiger partial charge in [0.15, 0.2) is 5.69 Å². The summed E-state index contributed by atoms with van der Waals surface area (Å²) in [5, 5.41) is 14.5. The van der Waals surface area contributed by atoms with Crippen molar-refractivity contribution in [3.05, 3.63) is 42.4 Å². The van der Waals surface area contributed by atoms with Gasteiger partial charge >= 0.3 is 0 Å². The molecule has 0 radical (unpaired) electrons. The van der Waals surface area contributed by atoms with Gasteiger partial charge in [-0.25, -0.2) is 0 Å². The molecule has 1 aliphatic heterocycles. The minimum absolute atomic E-state index is 0.129. The lowest BCUT2D eigenvalue weighted by Gasteiger charge is -2.14. The van der Waals surface area contributed by atoms with Crippen LogP contribution in [-0.2, 0) is 11.8 Å². The SMILES string of the molecule is Cn1cc(N2CCC(NC(=O)c3n[nH]c4ccccc34)C2=O)cn1. The summed E-state index contributed by atoms with van der Waals surface area (Å²) in [6.07, 6.45) is 3.98. The summed E-state index contributed by atoms with van der Waals surface area (Å²) in [6, 6.07) is 6.84. The molecule has 0 bridgehead atoms. The molecule has 0 saturated carbocycles. The third-order valence-corrected chi connectivity index (χ3v) is 4.20. The summed E-state index contributed by atoms with van der Waals surface area (Å²) in [6.45, 7) is 0.552. The number of aromatic nitrogens is 4. The number of nitrogens with one attached hydrogen (secondary N) is 2. The Morgan fingerprint density at radius 3 is 3.00 bits per heavy atom. The average molecular weight is 324 g/mol. The number of aromatic amines is 1. The second kappa shape index (κ2) is 5.48. The third-order valence-electron chi connectivity index (χ3n) is 4.20. The van der Waals surface area contributed by atoms with Gasteiger partial charge in [-0.15, -0.1) is 0 Å². The van der Waals surface area contributed by atoms with Crippen LogP contribution in [0.1, 0.15) is 16.9 Å². The molecule has 1 aromatic carbocycles. The molecule has 2 aromatic heterocycles. The number of rotatable bonds is 3. The highest BCUT2D eigenvalue weighted by atomic mass is 16.2. The number of amides is 2. The molecule has 1 saturated heterocycles. The van der Waals surface area contributed by atoms with Crippen molar-refractivity contribution in [3.63, 3.8) is 0 Å². The van der Waals surface area contributed by atoms with E-state index in [2.05, 4.69) is 20.6 Å². The maximum Gasteiger partial charge on any atom is 0.273 e. The molecule has 24 heavy (non-hydrogen) atoms. The fraction of sp³-hybridized carbons (Fsp3) is 0.250. The smallest absolute Gasteiger partial charge is 0.273 e. The van der Waals surface area contributed by atoms with Crippen molar-refractivity contribution in [2.45, 2.75) is 12.5 Å². The molecule has 4 rings (SSSR count). The zero-order chi connectivity index (χ0) is 16.7. The number of hydrogen-bond acceptors (Lipinski definition) is 4. The van der Waals surface area contributed by atoms with Crippen LogP contribution in [0.25, 0.3) is 10.9 Å². The Labute approximate surface area is 137 Å². The molecule has 0 spiro atoms. The van der Waals surface area contributed by atoms with E-state index in [9.17, 15) is 9.59 Å². The van der Waals surface area contributed by atoms with E-state index in [1.54, 1.807) is 29.0 Å². The molecule has 1 fully saturated rings. The fourth-order valence-electron chi connectivity index (χ4n) is 2.98. The third kappa shape index (κ3) is 2.32. The minimum Gasteiger partial charge on any atom is -0.339 e. The summed E-state index contributed by atoms with van der Waals surface area (Å²) in [5.41, 5.74) is 1.83. The molecule has 1 unspecified atom stereocenters. The van der Waals surface area contributed by atoms with Gasteiger partial charge in [0.2, 0.25) is 5.91 Å². The van der Waals surface area contributed by atoms with E-state index >= 15 is 0 Å². The Hall–Kier alpha value is -3.16. The molecular weight excluding hydrogens is 308 g/mol. The average Bonchev–Trinajstić information content (AvgIpc) is 3.27. The number of carbonyl (C=O) groups excluding carboxylic acids is 2. The Kier molecular flexibility index (Phi) is 3.30. The molecule has 8 nitrogen and oxygen atoms in total. The van der Waals surface area contributed by atoms with Crippen molar-refractivity contribution in [3.8, 4) is 0 Å². The van der Waals surface area contributed by atoms with Gasteiger partial charge < -0.3 is 10.2 Å². The normalized spacial score (nSPS) is 17.6. The van der Waals surface area contributed by atoms with E-state index in [1.165, 1.54) is 0 Å². The van der Waals surface area contributed by atoms with Crippen LogP contribution in [0.5, 0.6) is 0 Å². The number of para-hydroxylation sites is 1. The molecule has 2 N–H and O–H groups in total. The Morgan fingerprint density at radius 1 is 1.38 bits per heavy atom. The monoisotopic (exact) mass is 324 g/mol. The summed E-state index contributed by atoms with van der Waals surface area (Å²) in [4.78, 5) is 26.7. The van der Waals surface area contributed by atoms with Crippen molar-refractivity contribution < 1.29 is 9.59 Å². The first-order chi connectivity index (χ1) is 11.6. The number of H-pyrrole nitrogens is 1. The molecule has 8 heteroatoms. The predicted octanol–water partition coefficient (Wildman–Crippen LogP) is 0.832. The van der Waals surface area contributed by atoms with Crippen LogP contribution >= 0.6 is 0 Å². The highest BCUT2D eigenvalue weighted by Crippen LogP contribution is 2.21. The molecule has 1 atom stereocenters. The molecule has 3 aromatic rings. The van der Waals surface area contributed by atoms with Crippen molar-refractivity contribution in [1.82, 2.24) is 25.3 Å². The van der Waals surface area contributed by atoms with Crippen LogP contribution in [0.15, 0.2) is 36.7 Å². The number of carbonyl (C=O) groups is 2. The summed E-state index contributed by atoms with van der Waals surface area (Å²) >= 11 is 0. The van der Waals surface area contributed by atoms with Gasteiger partial charge in [0.25, 0.3) is 5.91 Å². The van der Waals surface area contributed by atoms with Gasteiger partial charge in [-0.1, -0.05) is 18.2 Å². The number of hydrogen-bond donors (Lipinski definition) is 2. The number of nitrogens with zero attached hydrogens (tertiary/aromatic N) is 4. The molecule has 1 aliphatic rings. The van der Waals surface area contributed by atoms with Gasteiger partial charge in [0, 0.05) is 25.2 Å². The molecule has 0 aliphatic carbocycles. The first-order valence-corrected chi connectivity index (χ1v) is 7.67. The summed E-state index contributed by atoms with van der Waals surface area (Å²) in [7, 11) is 1.80. The lowest BCUT2D eigenvalue weighted by Crippen LogP contribution is -2.41. The van der Waals surface area contributed by atoms with E-state index in [0.29, 0.717) is 18.7 Å². The zero-order valence-corrected chi connectivity index (χ0v) is 13.1. The Balaban J connectivity index is 1.51. The van der Waals surface area contributed by atoms with Gasteiger partial charge in [0.05, 0.1) is 17.4 Å². The molecule has 3 heterocycles. The molecule has 2 amide bonds. The van der Waals surface area contributed by atoms with E-state index in [1.807, 2.05) is 24.3 Å². The lowest BCUT2D eigenvalue weighted by molar-refractivity contribution is -0.118. The van der Waals surface area contributed by atoms with Crippen LogP contribution in [-0.4, -0.2) is 44.4 Å².